The van der Waals surface area contributed by atoms with Gasteiger partial charge in [0.05, 0.1) is 0 Å². The Kier molecular flexibility index (Phi) is 7.41. The van der Waals surface area contributed by atoms with Gasteiger partial charge in [-0.25, -0.2) is 0 Å². The van der Waals surface area contributed by atoms with Crippen LogP contribution in [0.15, 0.2) is 48.5 Å². The van der Waals surface area contributed by atoms with Crippen molar-refractivity contribution in [1.29, 1.82) is 0 Å². The predicted molar refractivity (Wildman–Crippen MR) is 108 cm³/mol. The second-order valence-electron chi connectivity index (χ2n) is 6.32. The van der Waals surface area contributed by atoms with Crippen molar-refractivity contribution in [3.05, 3.63) is 59.7 Å². The van der Waals surface area contributed by atoms with E-state index in [4.69, 9.17) is 4.74 Å². The summed E-state index contributed by atoms with van der Waals surface area (Å²) in [7, 11) is 0. The highest BCUT2D eigenvalue weighted by Crippen LogP contribution is 2.20. The molecule has 0 aliphatic rings. The van der Waals surface area contributed by atoms with E-state index in [2.05, 4.69) is 5.32 Å². The van der Waals surface area contributed by atoms with Gasteiger partial charge in [-0.3, -0.25) is 9.59 Å². The lowest BCUT2D eigenvalue weighted by atomic mass is 10.1. The molecule has 1 N–H and O–H groups in total. The zero-order valence-electron chi connectivity index (χ0n) is 16.5. The first-order chi connectivity index (χ1) is 13.0. The van der Waals surface area contributed by atoms with Gasteiger partial charge >= 0.3 is 0 Å². The number of benzene rings is 2. The second-order valence-corrected chi connectivity index (χ2v) is 6.32. The molecule has 27 heavy (non-hydrogen) atoms. The molecule has 0 fully saturated rings. The third kappa shape index (κ3) is 5.33. The fourth-order valence-electron chi connectivity index (χ4n) is 2.78. The van der Waals surface area contributed by atoms with Crippen LogP contribution < -0.4 is 10.1 Å². The molecule has 0 bridgehead atoms. The Hall–Kier alpha value is -2.82. The molecule has 5 nitrogen and oxygen atoms in total. The van der Waals surface area contributed by atoms with Crippen molar-refractivity contribution < 1.29 is 14.3 Å². The number of para-hydroxylation sites is 1. The first-order valence-electron chi connectivity index (χ1n) is 9.42. The average Bonchev–Trinajstić information content (AvgIpc) is 2.68. The normalized spacial score (nSPS) is 11.6. The van der Waals surface area contributed by atoms with Gasteiger partial charge in [-0.05, 0) is 63.1 Å². The minimum absolute atomic E-state index is 0.00722. The Bertz CT molecular complexity index is 767. The van der Waals surface area contributed by atoms with Crippen molar-refractivity contribution in [3.63, 3.8) is 0 Å². The smallest absolute Gasteiger partial charge is 0.265 e. The lowest BCUT2D eigenvalue weighted by Crippen LogP contribution is -2.32. The predicted octanol–water partition coefficient (Wildman–Crippen LogP) is 4.27. The van der Waals surface area contributed by atoms with Gasteiger partial charge in [0.15, 0.2) is 6.10 Å². The Balaban J connectivity index is 2.03. The molecule has 2 aromatic carbocycles. The van der Waals surface area contributed by atoms with Crippen molar-refractivity contribution in [2.75, 3.05) is 18.4 Å². The molecule has 0 unspecified atom stereocenters. The van der Waals surface area contributed by atoms with E-state index < -0.39 is 6.10 Å². The average molecular weight is 368 g/mol. The second kappa shape index (κ2) is 9.76. The Labute approximate surface area is 161 Å². The largest absolute Gasteiger partial charge is 0.480 e. The molecule has 2 aromatic rings. The zero-order valence-corrected chi connectivity index (χ0v) is 16.5. The van der Waals surface area contributed by atoms with Crippen molar-refractivity contribution in [3.8, 4) is 5.75 Å². The maximum absolute atomic E-state index is 12.6. The van der Waals surface area contributed by atoms with E-state index in [9.17, 15) is 9.59 Å². The number of anilines is 1. The summed E-state index contributed by atoms with van der Waals surface area (Å²) in [6, 6.07) is 14.6. The molecular weight excluding hydrogens is 340 g/mol. The molecular formula is C22H28N2O3. The molecule has 0 saturated heterocycles. The minimum Gasteiger partial charge on any atom is -0.480 e. The highest BCUT2D eigenvalue weighted by Gasteiger charge is 2.19. The summed E-state index contributed by atoms with van der Waals surface area (Å²) < 4.78 is 5.88. The summed E-state index contributed by atoms with van der Waals surface area (Å²) in [4.78, 5) is 26.7. The Morgan fingerprint density at radius 3 is 2.19 bits per heavy atom. The van der Waals surface area contributed by atoms with Gasteiger partial charge < -0.3 is 15.0 Å². The van der Waals surface area contributed by atoms with Gasteiger partial charge in [-0.15, -0.1) is 0 Å². The van der Waals surface area contributed by atoms with Crippen LogP contribution in [-0.2, 0) is 4.79 Å². The van der Waals surface area contributed by atoms with Gasteiger partial charge in [-0.2, -0.15) is 0 Å². The van der Waals surface area contributed by atoms with E-state index in [1.54, 1.807) is 29.2 Å². The number of aryl methyl sites for hydroxylation is 1. The van der Waals surface area contributed by atoms with Gasteiger partial charge in [0.2, 0.25) is 0 Å². The SMILES string of the molecule is CC[C@@H](Oc1ccccc1C)C(=O)Nc1ccc(C(=O)N(CC)CC)cc1. The van der Waals surface area contributed by atoms with E-state index in [-0.39, 0.29) is 11.8 Å². The van der Waals surface area contributed by atoms with Crippen LogP contribution in [0.25, 0.3) is 0 Å². The molecule has 0 saturated carbocycles. The number of nitrogens with one attached hydrogen (secondary N) is 1. The van der Waals surface area contributed by atoms with Crippen molar-refractivity contribution in [2.24, 2.45) is 0 Å². The zero-order chi connectivity index (χ0) is 19.8. The molecule has 144 valence electrons. The fraction of sp³-hybridized carbons (Fsp3) is 0.364. The monoisotopic (exact) mass is 368 g/mol. The number of hydrogen-bond donors (Lipinski definition) is 1. The molecule has 2 rings (SSSR count). The van der Waals surface area contributed by atoms with Crippen LogP contribution in [0.2, 0.25) is 0 Å². The lowest BCUT2D eigenvalue weighted by molar-refractivity contribution is -0.122. The molecule has 1 atom stereocenters. The van der Waals surface area contributed by atoms with Gasteiger partial charge in [-0.1, -0.05) is 25.1 Å². The summed E-state index contributed by atoms with van der Waals surface area (Å²) >= 11 is 0. The molecule has 0 aromatic heterocycles. The van der Waals surface area contributed by atoms with E-state index in [1.807, 2.05) is 52.0 Å². The number of rotatable bonds is 8. The quantitative estimate of drug-likeness (QED) is 0.757. The first-order valence-corrected chi connectivity index (χ1v) is 9.42. The Morgan fingerprint density at radius 1 is 1.00 bits per heavy atom. The molecule has 0 heterocycles. The van der Waals surface area contributed by atoms with Gasteiger partial charge in [0, 0.05) is 24.3 Å². The highest BCUT2D eigenvalue weighted by molar-refractivity contribution is 5.97. The molecule has 0 radical (unpaired) electrons. The summed E-state index contributed by atoms with van der Waals surface area (Å²) in [5.41, 5.74) is 2.24. The standard InChI is InChI=1S/C22H28N2O3/c1-5-19(27-20-11-9-8-10-16(20)4)21(25)23-18-14-12-17(13-15-18)22(26)24(6-2)7-3/h8-15,19H,5-7H2,1-4H3,(H,23,25)/t19-/m1/s1. The van der Waals surface area contributed by atoms with Crippen LogP contribution in [-0.4, -0.2) is 35.9 Å². The van der Waals surface area contributed by atoms with E-state index in [1.165, 1.54) is 0 Å². The lowest BCUT2D eigenvalue weighted by Gasteiger charge is -2.20. The van der Waals surface area contributed by atoms with Crippen LogP contribution in [0.5, 0.6) is 5.75 Å². The first kappa shape index (κ1) is 20.5. The number of carbonyl (C=O) groups is 2. The van der Waals surface area contributed by atoms with Crippen molar-refractivity contribution in [1.82, 2.24) is 4.90 Å². The third-order valence-electron chi connectivity index (χ3n) is 4.48. The number of amides is 2. The molecule has 0 spiro atoms. The van der Waals surface area contributed by atoms with Gasteiger partial charge in [0.25, 0.3) is 11.8 Å². The number of carbonyl (C=O) groups excluding carboxylic acids is 2. The third-order valence-corrected chi connectivity index (χ3v) is 4.48. The summed E-state index contributed by atoms with van der Waals surface area (Å²) in [6.45, 7) is 9.11. The van der Waals surface area contributed by atoms with Crippen LogP contribution >= 0.6 is 0 Å². The van der Waals surface area contributed by atoms with E-state index in [0.717, 1.165) is 5.56 Å². The molecule has 2 amide bonds. The van der Waals surface area contributed by atoms with Crippen LogP contribution in [0.3, 0.4) is 0 Å². The molecule has 5 heteroatoms. The van der Waals surface area contributed by atoms with E-state index >= 15 is 0 Å². The van der Waals surface area contributed by atoms with Gasteiger partial charge in [0.1, 0.15) is 5.75 Å². The fourth-order valence-corrected chi connectivity index (χ4v) is 2.78. The summed E-state index contributed by atoms with van der Waals surface area (Å²) in [5, 5.41) is 2.87. The number of nitrogens with zero attached hydrogens (tertiary/aromatic N) is 1. The van der Waals surface area contributed by atoms with E-state index in [0.29, 0.717) is 36.5 Å². The summed E-state index contributed by atoms with van der Waals surface area (Å²) in [5.74, 6) is 0.496. The molecule has 0 aliphatic heterocycles. The minimum atomic E-state index is -0.580. The topological polar surface area (TPSA) is 58.6 Å². The van der Waals surface area contributed by atoms with Crippen LogP contribution in [0.4, 0.5) is 5.69 Å². The van der Waals surface area contributed by atoms with Crippen molar-refractivity contribution in [2.45, 2.75) is 40.2 Å². The maximum Gasteiger partial charge on any atom is 0.265 e. The van der Waals surface area contributed by atoms with Crippen LogP contribution in [0, 0.1) is 6.92 Å². The Morgan fingerprint density at radius 2 is 1.63 bits per heavy atom. The number of hydrogen-bond acceptors (Lipinski definition) is 3. The highest BCUT2D eigenvalue weighted by atomic mass is 16.5. The van der Waals surface area contributed by atoms with Crippen LogP contribution in [0.1, 0.15) is 43.1 Å². The summed E-state index contributed by atoms with van der Waals surface area (Å²) in [6.07, 6.45) is -0.0262. The molecule has 0 aliphatic carbocycles. The maximum atomic E-state index is 12.6. The van der Waals surface area contributed by atoms with Crippen molar-refractivity contribution >= 4 is 17.5 Å². The number of ether oxygens (including phenoxy) is 1.